The summed E-state index contributed by atoms with van der Waals surface area (Å²) < 4.78 is 42.8. The summed E-state index contributed by atoms with van der Waals surface area (Å²) in [7, 11) is 0. The normalized spacial score (nSPS) is 15.9. The molecule has 2 heterocycles. The van der Waals surface area contributed by atoms with Gasteiger partial charge in [-0.1, -0.05) is 23.7 Å². The van der Waals surface area contributed by atoms with Crippen molar-refractivity contribution in [2.24, 2.45) is 0 Å². The summed E-state index contributed by atoms with van der Waals surface area (Å²) >= 11 is 6.33. The second kappa shape index (κ2) is 7.87. The van der Waals surface area contributed by atoms with Crippen LogP contribution in [-0.2, 0) is 11.5 Å². The first-order valence-corrected chi connectivity index (χ1v) is 10.3. The molecule has 2 aromatic heterocycles. The Hall–Kier alpha value is -2.96. The molecule has 0 radical (unpaired) electrons. The largest absolute Gasteiger partial charge is 0.390 e. The Morgan fingerprint density at radius 2 is 2.03 bits per heavy atom. The summed E-state index contributed by atoms with van der Waals surface area (Å²) in [5.41, 5.74) is -0.703. The summed E-state index contributed by atoms with van der Waals surface area (Å²) in [5.74, 6) is -4.10. The molecule has 0 amide bonds. The molecule has 0 unspecified atom stereocenters. The minimum atomic E-state index is -3.70. The third-order valence-corrected chi connectivity index (χ3v) is 5.92. The van der Waals surface area contributed by atoms with Crippen molar-refractivity contribution < 1.29 is 18.3 Å². The fraction of sp³-hybridized carbons (Fsp3) is 0.364. The van der Waals surface area contributed by atoms with Crippen molar-refractivity contribution >= 4 is 28.5 Å². The van der Waals surface area contributed by atoms with Crippen molar-refractivity contribution in [2.75, 3.05) is 11.9 Å². The molecule has 166 valence electrons. The summed E-state index contributed by atoms with van der Waals surface area (Å²) in [5, 5.41) is 12.7. The molecule has 10 heteroatoms. The lowest BCUT2D eigenvalue weighted by molar-refractivity contribution is -0.0583. The van der Waals surface area contributed by atoms with Crippen molar-refractivity contribution in [1.29, 1.82) is 0 Å². The van der Waals surface area contributed by atoms with Crippen LogP contribution in [0.5, 0.6) is 0 Å². The molecule has 1 fully saturated rings. The zero-order valence-electron chi connectivity index (χ0n) is 17.3. The van der Waals surface area contributed by atoms with Crippen LogP contribution in [0, 0.1) is 19.3 Å². The number of alkyl halides is 2. The Labute approximate surface area is 187 Å². The number of hydrogen-bond donors (Lipinski definition) is 2. The minimum Gasteiger partial charge on any atom is -0.390 e. The second-order valence-electron chi connectivity index (χ2n) is 7.90. The highest BCUT2D eigenvalue weighted by molar-refractivity contribution is 6.30. The Morgan fingerprint density at radius 1 is 1.31 bits per heavy atom. The van der Waals surface area contributed by atoms with Crippen LogP contribution in [-0.4, -0.2) is 26.7 Å². The van der Waals surface area contributed by atoms with Crippen LogP contribution in [0.2, 0.25) is 5.15 Å². The van der Waals surface area contributed by atoms with Gasteiger partial charge in [0.1, 0.15) is 29.2 Å². The standard InChI is InChI=1S/C22H19ClF3N5O/c1-11(13-5-4-6-15(17(13)24)22(25,26)10-32)28-19-14-9-16(21(27-3)7-8-21)18(23)31-20(14)30-12(2)29-19/h4-6,9,11,32H,7-8,10H2,1-2H3,(H,28,29,30,31)/t11-/m1/s1. The Kier molecular flexibility index (Phi) is 5.47. The maximum Gasteiger partial charge on any atom is 0.298 e. The highest BCUT2D eigenvalue weighted by Crippen LogP contribution is 2.52. The third kappa shape index (κ3) is 3.74. The van der Waals surface area contributed by atoms with Gasteiger partial charge >= 0.3 is 0 Å². The smallest absolute Gasteiger partial charge is 0.298 e. The Morgan fingerprint density at radius 3 is 2.66 bits per heavy atom. The number of aryl methyl sites for hydroxylation is 1. The molecule has 1 atom stereocenters. The molecule has 0 saturated heterocycles. The van der Waals surface area contributed by atoms with E-state index < -0.39 is 35.5 Å². The van der Waals surface area contributed by atoms with E-state index in [2.05, 4.69) is 25.1 Å². The molecular formula is C22H19ClF3N5O. The monoisotopic (exact) mass is 461 g/mol. The molecule has 1 saturated carbocycles. The third-order valence-electron chi connectivity index (χ3n) is 5.63. The molecular weight excluding hydrogens is 443 g/mol. The van der Waals surface area contributed by atoms with Crippen molar-refractivity contribution in [3.05, 3.63) is 69.2 Å². The molecule has 4 rings (SSSR count). The molecule has 3 aromatic rings. The van der Waals surface area contributed by atoms with Crippen molar-refractivity contribution in [3.63, 3.8) is 0 Å². The summed E-state index contributed by atoms with van der Waals surface area (Å²) in [6, 6.07) is 4.61. The topological polar surface area (TPSA) is 75.3 Å². The van der Waals surface area contributed by atoms with Gasteiger partial charge in [-0.15, -0.1) is 0 Å². The summed E-state index contributed by atoms with van der Waals surface area (Å²) in [6.45, 7) is 9.27. The van der Waals surface area contributed by atoms with E-state index in [0.29, 0.717) is 41.1 Å². The average Bonchev–Trinajstić information content (AvgIpc) is 3.54. The Balaban J connectivity index is 1.77. The number of hydrogen-bond acceptors (Lipinski definition) is 5. The van der Waals surface area contributed by atoms with Gasteiger partial charge in [-0.3, -0.25) is 0 Å². The molecule has 0 aliphatic heterocycles. The number of anilines is 1. The fourth-order valence-corrected chi connectivity index (χ4v) is 3.98. The molecule has 32 heavy (non-hydrogen) atoms. The van der Waals surface area contributed by atoms with E-state index in [4.69, 9.17) is 23.3 Å². The maximum atomic E-state index is 14.9. The van der Waals surface area contributed by atoms with Crippen LogP contribution >= 0.6 is 11.6 Å². The van der Waals surface area contributed by atoms with Gasteiger partial charge in [-0.2, -0.15) is 8.78 Å². The lowest BCUT2D eigenvalue weighted by Crippen LogP contribution is -2.22. The van der Waals surface area contributed by atoms with E-state index in [9.17, 15) is 13.2 Å². The van der Waals surface area contributed by atoms with Crippen LogP contribution in [0.1, 0.15) is 48.3 Å². The number of aromatic nitrogens is 3. The van der Waals surface area contributed by atoms with E-state index >= 15 is 0 Å². The van der Waals surface area contributed by atoms with Crippen LogP contribution in [0.3, 0.4) is 0 Å². The number of nitrogens with zero attached hydrogens (tertiary/aromatic N) is 4. The zero-order chi connectivity index (χ0) is 23.3. The van der Waals surface area contributed by atoms with Gasteiger partial charge < -0.3 is 15.3 Å². The predicted octanol–water partition coefficient (Wildman–Crippen LogP) is 5.29. The molecule has 1 aromatic carbocycles. The molecule has 1 aliphatic rings. The fourth-order valence-electron chi connectivity index (χ4n) is 3.67. The zero-order valence-corrected chi connectivity index (χ0v) is 18.0. The van der Waals surface area contributed by atoms with Crippen molar-refractivity contribution in [1.82, 2.24) is 15.0 Å². The molecule has 0 spiro atoms. The molecule has 1 aliphatic carbocycles. The predicted molar refractivity (Wildman–Crippen MR) is 114 cm³/mol. The van der Waals surface area contributed by atoms with Gasteiger partial charge in [-0.25, -0.2) is 25.9 Å². The summed E-state index contributed by atoms with van der Waals surface area (Å²) in [4.78, 5) is 16.7. The quantitative estimate of drug-likeness (QED) is 0.385. The van der Waals surface area contributed by atoms with Crippen LogP contribution in [0.15, 0.2) is 24.3 Å². The number of benzene rings is 1. The highest BCUT2D eigenvalue weighted by atomic mass is 35.5. The van der Waals surface area contributed by atoms with Gasteiger partial charge in [0, 0.05) is 18.4 Å². The molecule has 2 N–H and O–H groups in total. The van der Waals surface area contributed by atoms with E-state index in [0.717, 1.165) is 6.07 Å². The summed E-state index contributed by atoms with van der Waals surface area (Å²) in [6.07, 6.45) is 1.35. The van der Waals surface area contributed by atoms with E-state index in [1.54, 1.807) is 19.9 Å². The van der Waals surface area contributed by atoms with Crippen LogP contribution < -0.4 is 5.32 Å². The number of nitrogens with one attached hydrogen (secondary N) is 1. The van der Waals surface area contributed by atoms with Crippen LogP contribution in [0.4, 0.5) is 19.0 Å². The van der Waals surface area contributed by atoms with E-state index in [-0.39, 0.29) is 10.7 Å². The van der Waals surface area contributed by atoms with Crippen molar-refractivity contribution in [2.45, 2.75) is 44.2 Å². The SMILES string of the molecule is [C-]#[N+]C1(c2cc3c(N[C@H](C)c4cccc(C(F)(F)CO)c4F)nc(C)nc3nc2Cl)CC1. The number of aliphatic hydroxyl groups excluding tert-OH is 1. The maximum absolute atomic E-state index is 14.9. The number of fused-ring (bicyclic) bond motifs is 1. The Bertz CT molecular complexity index is 1260. The lowest BCUT2D eigenvalue weighted by atomic mass is 10.00. The van der Waals surface area contributed by atoms with Gasteiger partial charge in [0.2, 0.25) is 0 Å². The van der Waals surface area contributed by atoms with Gasteiger partial charge in [0.25, 0.3) is 11.5 Å². The molecule has 0 bridgehead atoms. The first-order chi connectivity index (χ1) is 15.1. The van der Waals surface area contributed by atoms with E-state index in [1.807, 2.05) is 0 Å². The molecule has 6 nitrogen and oxygen atoms in total. The average molecular weight is 462 g/mol. The number of pyridine rings is 1. The van der Waals surface area contributed by atoms with Gasteiger partial charge in [0.05, 0.1) is 22.6 Å². The highest BCUT2D eigenvalue weighted by Gasteiger charge is 2.54. The lowest BCUT2D eigenvalue weighted by Gasteiger charge is -2.21. The van der Waals surface area contributed by atoms with Gasteiger partial charge in [0.15, 0.2) is 5.65 Å². The first kappa shape index (κ1) is 22.2. The minimum absolute atomic E-state index is 0.0120. The number of rotatable bonds is 6. The number of halogens is 4. The first-order valence-electron chi connectivity index (χ1n) is 9.90. The number of aliphatic hydroxyl groups is 1. The van der Waals surface area contributed by atoms with Crippen molar-refractivity contribution in [3.8, 4) is 0 Å². The van der Waals surface area contributed by atoms with E-state index in [1.165, 1.54) is 12.1 Å². The second-order valence-corrected chi connectivity index (χ2v) is 8.26. The van der Waals surface area contributed by atoms with Gasteiger partial charge in [-0.05, 0) is 26.0 Å². The van der Waals surface area contributed by atoms with Crippen LogP contribution in [0.25, 0.3) is 15.9 Å².